The maximum absolute atomic E-state index is 11.7. The molecule has 0 spiro atoms. The van der Waals surface area contributed by atoms with Crippen LogP contribution in [-0.2, 0) is 9.53 Å². The summed E-state index contributed by atoms with van der Waals surface area (Å²) >= 11 is 0. The number of hydrogen-bond donors (Lipinski definition) is 0. The minimum Gasteiger partial charge on any atom is -0.424 e. The van der Waals surface area contributed by atoms with E-state index in [1.165, 1.54) is 0 Å². The molecule has 3 nitrogen and oxygen atoms in total. The molecule has 0 aromatic heterocycles. The second-order valence-corrected chi connectivity index (χ2v) is 3.74. The van der Waals surface area contributed by atoms with E-state index in [1.54, 1.807) is 12.1 Å². The van der Waals surface area contributed by atoms with Gasteiger partial charge >= 0.3 is 5.97 Å². The number of esters is 1. The third-order valence-corrected chi connectivity index (χ3v) is 2.47. The Morgan fingerprint density at radius 2 is 2.13 bits per heavy atom. The summed E-state index contributed by atoms with van der Waals surface area (Å²) in [6.07, 6.45) is 1.66. The molecule has 1 aliphatic rings. The molecule has 0 N–H and O–H groups in total. The van der Waals surface area contributed by atoms with Crippen LogP contribution in [-0.4, -0.2) is 18.2 Å². The minimum absolute atomic E-state index is 0.268. The molecular formula is C12H14O3. The third kappa shape index (κ3) is 2.18. The fourth-order valence-electron chi connectivity index (χ4n) is 1.54. The molecule has 1 aliphatic heterocycles. The summed E-state index contributed by atoms with van der Waals surface area (Å²) in [5, 5.41) is 0. The Bertz CT molecular complexity index is 341. The summed E-state index contributed by atoms with van der Waals surface area (Å²) < 4.78 is 10.4. The second kappa shape index (κ2) is 4.03. The Balaban J connectivity index is 1.99. The van der Waals surface area contributed by atoms with Gasteiger partial charge in [0.05, 0.1) is 6.61 Å². The zero-order valence-electron chi connectivity index (χ0n) is 8.73. The SMILES string of the molecule is CCCC1(C(=O)Oc2ccccc2)CO1. The Kier molecular flexibility index (Phi) is 2.73. The number of hydrogen-bond acceptors (Lipinski definition) is 3. The molecule has 0 amide bonds. The van der Waals surface area contributed by atoms with Gasteiger partial charge in [0.15, 0.2) is 5.60 Å². The molecule has 1 fully saturated rings. The summed E-state index contributed by atoms with van der Waals surface area (Å²) in [4.78, 5) is 11.7. The Hall–Kier alpha value is -1.35. The Labute approximate surface area is 89.0 Å². The van der Waals surface area contributed by atoms with E-state index >= 15 is 0 Å². The molecule has 0 saturated carbocycles. The fourth-order valence-corrected chi connectivity index (χ4v) is 1.54. The van der Waals surface area contributed by atoms with Gasteiger partial charge in [-0.05, 0) is 18.6 Å². The van der Waals surface area contributed by atoms with Gasteiger partial charge in [-0.15, -0.1) is 0 Å². The molecule has 1 saturated heterocycles. The van der Waals surface area contributed by atoms with E-state index in [-0.39, 0.29) is 5.97 Å². The zero-order chi connectivity index (χ0) is 10.7. The summed E-state index contributed by atoms with van der Waals surface area (Å²) in [6, 6.07) is 9.08. The van der Waals surface area contributed by atoms with Crippen molar-refractivity contribution in [2.75, 3.05) is 6.61 Å². The van der Waals surface area contributed by atoms with Crippen molar-refractivity contribution in [2.24, 2.45) is 0 Å². The van der Waals surface area contributed by atoms with Gasteiger partial charge in [-0.3, -0.25) is 0 Å². The highest BCUT2D eigenvalue weighted by molar-refractivity contribution is 5.84. The van der Waals surface area contributed by atoms with E-state index in [1.807, 2.05) is 25.1 Å². The van der Waals surface area contributed by atoms with Gasteiger partial charge < -0.3 is 9.47 Å². The molecule has 1 aromatic rings. The molecule has 1 unspecified atom stereocenters. The predicted octanol–water partition coefficient (Wildman–Crippen LogP) is 2.16. The molecule has 0 aliphatic carbocycles. The number of ether oxygens (including phenoxy) is 2. The molecule has 0 bridgehead atoms. The molecule has 0 radical (unpaired) electrons. The highest BCUT2D eigenvalue weighted by Crippen LogP contribution is 2.33. The van der Waals surface area contributed by atoms with Gasteiger partial charge in [-0.1, -0.05) is 31.5 Å². The number of para-hydroxylation sites is 1. The lowest BCUT2D eigenvalue weighted by atomic mass is 10.1. The normalized spacial score (nSPS) is 23.5. The van der Waals surface area contributed by atoms with Crippen LogP contribution in [0.25, 0.3) is 0 Å². The third-order valence-electron chi connectivity index (χ3n) is 2.47. The lowest BCUT2D eigenvalue weighted by molar-refractivity contribution is -0.140. The highest BCUT2D eigenvalue weighted by Gasteiger charge is 2.53. The molecule has 3 heteroatoms. The average Bonchev–Trinajstić information content (AvgIpc) is 3.01. The minimum atomic E-state index is -0.648. The Morgan fingerprint density at radius 1 is 1.47 bits per heavy atom. The van der Waals surface area contributed by atoms with Gasteiger partial charge in [0, 0.05) is 0 Å². The number of benzene rings is 1. The van der Waals surface area contributed by atoms with Gasteiger partial charge in [-0.25, -0.2) is 4.79 Å². The van der Waals surface area contributed by atoms with Crippen LogP contribution >= 0.6 is 0 Å². The quantitative estimate of drug-likeness (QED) is 0.430. The van der Waals surface area contributed by atoms with Gasteiger partial charge in [-0.2, -0.15) is 0 Å². The molecule has 15 heavy (non-hydrogen) atoms. The fraction of sp³-hybridized carbons (Fsp3) is 0.417. The zero-order valence-corrected chi connectivity index (χ0v) is 8.73. The van der Waals surface area contributed by atoms with Gasteiger partial charge in [0.1, 0.15) is 5.75 Å². The van der Waals surface area contributed by atoms with Crippen molar-refractivity contribution in [2.45, 2.75) is 25.4 Å². The lowest BCUT2D eigenvalue weighted by Crippen LogP contribution is -2.29. The lowest BCUT2D eigenvalue weighted by Gasteiger charge is -2.09. The van der Waals surface area contributed by atoms with Crippen molar-refractivity contribution < 1.29 is 14.3 Å². The van der Waals surface area contributed by atoms with Crippen molar-refractivity contribution in [1.29, 1.82) is 0 Å². The van der Waals surface area contributed by atoms with Gasteiger partial charge in [0.2, 0.25) is 0 Å². The maximum atomic E-state index is 11.7. The van der Waals surface area contributed by atoms with E-state index in [0.717, 1.165) is 12.8 Å². The van der Waals surface area contributed by atoms with Gasteiger partial charge in [0.25, 0.3) is 0 Å². The number of epoxide rings is 1. The monoisotopic (exact) mass is 206 g/mol. The molecular weight excluding hydrogens is 192 g/mol. The first kappa shape index (κ1) is 10.2. The average molecular weight is 206 g/mol. The van der Waals surface area contributed by atoms with Crippen LogP contribution in [0.5, 0.6) is 5.75 Å². The van der Waals surface area contributed by atoms with E-state index in [2.05, 4.69) is 0 Å². The van der Waals surface area contributed by atoms with Crippen molar-refractivity contribution in [3.8, 4) is 5.75 Å². The van der Waals surface area contributed by atoms with E-state index in [0.29, 0.717) is 12.4 Å². The largest absolute Gasteiger partial charge is 0.424 e. The highest BCUT2D eigenvalue weighted by atomic mass is 16.6. The van der Waals surface area contributed by atoms with E-state index in [9.17, 15) is 4.79 Å². The molecule has 80 valence electrons. The smallest absolute Gasteiger partial charge is 0.346 e. The van der Waals surface area contributed by atoms with Crippen molar-refractivity contribution >= 4 is 5.97 Å². The first-order valence-electron chi connectivity index (χ1n) is 5.18. The topological polar surface area (TPSA) is 38.8 Å². The standard InChI is InChI=1S/C12H14O3/c1-2-8-12(9-14-12)11(13)15-10-6-4-3-5-7-10/h3-7H,2,8-9H2,1H3. The van der Waals surface area contributed by atoms with Crippen LogP contribution in [0, 0.1) is 0 Å². The first-order valence-corrected chi connectivity index (χ1v) is 5.18. The summed E-state index contributed by atoms with van der Waals surface area (Å²) in [7, 11) is 0. The molecule has 1 atom stereocenters. The van der Waals surface area contributed by atoms with Crippen molar-refractivity contribution in [1.82, 2.24) is 0 Å². The summed E-state index contributed by atoms with van der Waals surface area (Å²) in [6.45, 7) is 2.52. The Morgan fingerprint density at radius 3 is 2.67 bits per heavy atom. The number of rotatable bonds is 4. The number of carbonyl (C=O) groups excluding carboxylic acids is 1. The summed E-state index contributed by atoms with van der Waals surface area (Å²) in [5.74, 6) is 0.309. The van der Waals surface area contributed by atoms with Crippen molar-refractivity contribution in [3.63, 3.8) is 0 Å². The van der Waals surface area contributed by atoms with Crippen LogP contribution in [0.3, 0.4) is 0 Å². The maximum Gasteiger partial charge on any atom is 0.346 e. The van der Waals surface area contributed by atoms with Crippen LogP contribution in [0.4, 0.5) is 0 Å². The van der Waals surface area contributed by atoms with Crippen LogP contribution in [0.15, 0.2) is 30.3 Å². The molecule has 1 aromatic carbocycles. The van der Waals surface area contributed by atoms with Crippen molar-refractivity contribution in [3.05, 3.63) is 30.3 Å². The molecule has 2 rings (SSSR count). The van der Waals surface area contributed by atoms with Crippen LogP contribution < -0.4 is 4.74 Å². The first-order chi connectivity index (χ1) is 7.27. The van der Waals surface area contributed by atoms with Crippen LogP contribution in [0.1, 0.15) is 19.8 Å². The predicted molar refractivity (Wildman–Crippen MR) is 55.7 cm³/mol. The van der Waals surface area contributed by atoms with E-state index in [4.69, 9.17) is 9.47 Å². The van der Waals surface area contributed by atoms with Crippen LogP contribution in [0.2, 0.25) is 0 Å². The summed E-state index contributed by atoms with van der Waals surface area (Å²) in [5.41, 5.74) is -0.648. The molecule has 1 heterocycles. The number of carbonyl (C=O) groups is 1. The second-order valence-electron chi connectivity index (χ2n) is 3.74. The van der Waals surface area contributed by atoms with E-state index < -0.39 is 5.60 Å².